The summed E-state index contributed by atoms with van der Waals surface area (Å²) in [6.45, 7) is 3.19. The Balaban J connectivity index is 0.00000280. The molecule has 0 saturated carbocycles. The van der Waals surface area contributed by atoms with Crippen LogP contribution in [-0.2, 0) is 11.3 Å². The molecule has 28 heavy (non-hydrogen) atoms. The van der Waals surface area contributed by atoms with E-state index in [1.807, 2.05) is 13.0 Å². The number of hydrogen-bond acceptors (Lipinski definition) is 4. The fourth-order valence-electron chi connectivity index (χ4n) is 3.48. The van der Waals surface area contributed by atoms with Crippen molar-refractivity contribution in [1.82, 2.24) is 10.2 Å². The van der Waals surface area contributed by atoms with Crippen LogP contribution in [0.4, 0.5) is 4.39 Å². The number of carbonyl (C=O) groups is 2. The third kappa shape index (κ3) is 5.45. The van der Waals surface area contributed by atoms with Crippen LogP contribution in [0.1, 0.15) is 47.3 Å². The van der Waals surface area contributed by atoms with E-state index in [9.17, 15) is 19.1 Å². The Morgan fingerprint density at radius 1 is 1.25 bits per heavy atom. The quantitative estimate of drug-likeness (QED) is 0.659. The van der Waals surface area contributed by atoms with Gasteiger partial charge in [-0.05, 0) is 55.1 Å². The first-order chi connectivity index (χ1) is 12.9. The second kappa shape index (κ2) is 9.88. The Bertz CT molecular complexity index is 829. The molecule has 1 heterocycles. The minimum absolute atomic E-state index is 0. The molecule has 1 aliphatic heterocycles. The number of hydrogen-bond donors (Lipinski definition) is 1. The van der Waals surface area contributed by atoms with Gasteiger partial charge in [-0.25, -0.2) is 4.39 Å². The van der Waals surface area contributed by atoms with Crippen LogP contribution in [0.2, 0.25) is 0 Å². The van der Waals surface area contributed by atoms with Crippen molar-refractivity contribution in [3.63, 3.8) is 0 Å². The van der Waals surface area contributed by atoms with Crippen molar-refractivity contribution in [3.05, 3.63) is 71.0 Å². The van der Waals surface area contributed by atoms with Gasteiger partial charge in [-0.1, -0.05) is 36.4 Å². The van der Waals surface area contributed by atoms with Gasteiger partial charge in [0.05, 0.1) is 18.1 Å². The van der Waals surface area contributed by atoms with Crippen molar-refractivity contribution in [2.75, 3.05) is 6.54 Å². The number of amides is 1. The molecule has 5 nitrogen and oxygen atoms in total. The van der Waals surface area contributed by atoms with Crippen LogP contribution in [0.5, 0.6) is 0 Å². The predicted octanol–water partition coefficient (Wildman–Crippen LogP) is -0.965. The summed E-state index contributed by atoms with van der Waals surface area (Å²) in [7, 11) is 0. The van der Waals surface area contributed by atoms with Gasteiger partial charge in [-0.15, -0.1) is 0 Å². The maximum absolute atomic E-state index is 13.4. The summed E-state index contributed by atoms with van der Waals surface area (Å²) >= 11 is 0. The van der Waals surface area contributed by atoms with E-state index in [1.54, 1.807) is 18.2 Å². The molecule has 0 unspecified atom stereocenters. The number of nitrogens with zero attached hydrogens (tertiary/aromatic N) is 1. The number of carboxylic acids is 1. The summed E-state index contributed by atoms with van der Waals surface area (Å²) in [4.78, 5) is 25.6. The zero-order valence-electron chi connectivity index (χ0n) is 16.2. The number of carbonyl (C=O) groups excluding carboxylic acids is 2. The molecular formula is C21H22FLiN2O3. The maximum atomic E-state index is 13.4. The average molecular weight is 376 g/mol. The molecule has 0 bridgehead atoms. The fourth-order valence-corrected chi connectivity index (χ4v) is 3.48. The standard InChI is InChI=1S/C21H23FN2O3.Li/c1-14(16-7-9-17(10-8-16)21(26)27)23-20(25)19-6-3-11-24(19)13-15-4-2-5-18(22)12-15;/h2,4-5,7-10,12,14,19H,3,6,11,13H2,1H3,(H,23,25)(H,26,27);/q;+1/p-1/t14-,19+;/m0./s1. The molecule has 7 heteroatoms. The average Bonchev–Trinajstić information content (AvgIpc) is 3.10. The van der Waals surface area contributed by atoms with Crippen LogP contribution in [-0.4, -0.2) is 29.4 Å². The number of rotatable bonds is 6. The smallest absolute Gasteiger partial charge is 0.545 e. The summed E-state index contributed by atoms with van der Waals surface area (Å²) < 4.78 is 13.4. The SMILES string of the molecule is C[C@H](NC(=O)[C@H]1CCCN1Cc1cccc(F)c1)c1ccc(C(=O)[O-])cc1.[Li+]. The summed E-state index contributed by atoms with van der Waals surface area (Å²) in [6.07, 6.45) is 1.68. The van der Waals surface area contributed by atoms with E-state index in [0.29, 0.717) is 6.54 Å². The van der Waals surface area contributed by atoms with Crippen molar-refractivity contribution < 1.29 is 37.9 Å². The molecule has 142 valence electrons. The van der Waals surface area contributed by atoms with E-state index in [1.165, 1.54) is 24.3 Å². The zero-order chi connectivity index (χ0) is 19.4. The third-order valence-electron chi connectivity index (χ3n) is 4.95. The number of halogens is 1. The molecule has 0 spiro atoms. The van der Waals surface area contributed by atoms with Crippen molar-refractivity contribution in [2.24, 2.45) is 0 Å². The Kier molecular flexibility index (Phi) is 7.82. The molecule has 0 aliphatic carbocycles. The molecule has 2 aromatic carbocycles. The van der Waals surface area contributed by atoms with E-state index in [0.717, 1.165) is 30.5 Å². The first-order valence-electron chi connectivity index (χ1n) is 9.04. The Morgan fingerprint density at radius 3 is 2.61 bits per heavy atom. The molecule has 1 aliphatic rings. The largest absolute Gasteiger partial charge is 1.00 e. The predicted molar refractivity (Wildman–Crippen MR) is 97.2 cm³/mol. The number of carboxylic acid groups (broad SMARTS) is 1. The van der Waals surface area contributed by atoms with Gasteiger partial charge in [0.15, 0.2) is 0 Å². The summed E-state index contributed by atoms with van der Waals surface area (Å²) in [5, 5.41) is 13.8. The van der Waals surface area contributed by atoms with E-state index < -0.39 is 5.97 Å². The molecule has 0 radical (unpaired) electrons. The summed E-state index contributed by atoms with van der Waals surface area (Å²) in [6, 6.07) is 12.2. The molecule has 1 amide bonds. The van der Waals surface area contributed by atoms with E-state index >= 15 is 0 Å². The van der Waals surface area contributed by atoms with Crippen LogP contribution in [0.15, 0.2) is 48.5 Å². The molecule has 2 atom stereocenters. The van der Waals surface area contributed by atoms with E-state index in [-0.39, 0.29) is 48.2 Å². The second-order valence-electron chi connectivity index (χ2n) is 6.90. The fraction of sp³-hybridized carbons (Fsp3) is 0.333. The first-order valence-corrected chi connectivity index (χ1v) is 9.04. The number of likely N-dealkylation sites (tertiary alicyclic amines) is 1. The van der Waals surface area contributed by atoms with Gasteiger partial charge in [0, 0.05) is 6.54 Å². The molecule has 1 saturated heterocycles. The maximum Gasteiger partial charge on any atom is 1.00 e. The van der Waals surface area contributed by atoms with Crippen LogP contribution < -0.4 is 29.3 Å². The van der Waals surface area contributed by atoms with Crippen molar-refractivity contribution in [1.29, 1.82) is 0 Å². The monoisotopic (exact) mass is 376 g/mol. The Hall–Kier alpha value is -2.13. The van der Waals surface area contributed by atoms with Crippen LogP contribution >= 0.6 is 0 Å². The van der Waals surface area contributed by atoms with Crippen LogP contribution in [0.25, 0.3) is 0 Å². The topological polar surface area (TPSA) is 72.5 Å². The van der Waals surface area contributed by atoms with Crippen LogP contribution in [0, 0.1) is 5.82 Å². The normalized spacial score (nSPS) is 17.6. The number of aromatic carboxylic acids is 1. The van der Waals surface area contributed by atoms with Gasteiger partial charge in [0.2, 0.25) is 5.91 Å². The van der Waals surface area contributed by atoms with Crippen molar-refractivity contribution >= 4 is 11.9 Å². The first kappa shape index (κ1) is 22.2. The molecule has 3 rings (SSSR count). The number of benzene rings is 2. The molecule has 1 N–H and O–H groups in total. The summed E-state index contributed by atoms with van der Waals surface area (Å²) in [5.41, 5.74) is 1.78. The van der Waals surface area contributed by atoms with Crippen molar-refractivity contribution in [3.8, 4) is 0 Å². The molecule has 2 aromatic rings. The molecule has 1 fully saturated rings. The van der Waals surface area contributed by atoms with Crippen LogP contribution in [0.3, 0.4) is 0 Å². The van der Waals surface area contributed by atoms with Gasteiger partial charge in [0.1, 0.15) is 5.82 Å². The van der Waals surface area contributed by atoms with E-state index in [2.05, 4.69) is 10.2 Å². The van der Waals surface area contributed by atoms with Crippen molar-refractivity contribution in [2.45, 2.75) is 38.4 Å². The summed E-state index contributed by atoms with van der Waals surface area (Å²) in [5.74, 6) is -1.57. The number of nitrogens with one attached hydrogen (secondary N) is 1. The third-order valence-corrected chi connectivity index (χ3v) is 4.95. The van der Waals surface area contributed by atoms with Gasteiger partial charge in [-0.2, -0.15) is 0 Å². The Labute approximate surface area is 176 Å². The minimum Gasteiger partial charge on any atom is -0.545 e. The van der Waals surface area contributed by atoms with Gasteiger partial charge >= 0.3 is 18.9 Å². The molecular weight excluding hydrogens is 354 g/mol. The van der Waals surface area contributed by atoms with E-state index in [4.69, 9.17) is 0 Å². The zero-order valence-corrected chi connectivity index (χ0v) is 16.2. The van der Waals surface area contributed by atoms with Gasteiger partial charge in [0.25, 0.3) is 0 Å². The minimum atomic E-state index is -1.22. The van der Waals surface area contributed by atoms with Gasteiger partial charge < -0.3 is 15.2 Å². The second-order valence-corrected chi connectivity index (χ2v) is 6.90. The van der Waals surface area contributed by atoms with Gasteiger partial charge in [-0.3, -0.25) is 9.69 Å². The molecule has 0 aromatic heterocycles. The Morgan fingerprint density at radius 2 is 1.96 bits per heavy atom.